The van der Waals surface area contributed by atoms with Gasteiger partial charge >= 0.3 is 5.97 Å². The Bertz CT molecular complexity index is 515. The highest BCUT2D eigenvalue weighted by Crippen LogP contribution is 2.24. The molecule has 1 N–H and O–H groups in total. The van der Waals surface area contributed by atoms with Gasteiger partial charge in [-0.2, -0.15) is 0 Å². The molecule has 20 heavy (non-hydrogen) atoms. The Morgan fingerprint density at radius 1 is 1.30 bits per heavy atom. The summed E-state index contributed by atoms with van der Waals surface area (Å²) in [4.78, 5) is 24.3. The summed E-state index contributed by atoms with van der Waals surface area (Å²) in [5.74, 6) is -0.963. The van der Waals surface area contributed by atoms with Crippen LogP contribution in [0.3, 0.4) is 0 Å². The number of carbonyl (C=O) groups is 2. The van der Waals surface area contributed by atoms with Crippen molar-refractivity contribution in [3.05, 3.63) is 28.2 Å². The number of hydrogen-bond acceptors (Lipinski definition) is 3. The number of likely N-dealkylation sites (tertiary alicyclic amines) is 1. The summed E-state index contributed by atoms with van der Waals surface area (Å²) in [6.45, 7) is 0.204. The van der Waals surface area contributed by atoms with Gasteiger partial charge < -0.3 is 14.7 Å². The molecule has 1 aromatic rings. The Kier molecular flexibility index (Phi) is 4.73. The van der Waals surface area contributed by atoms with E-state index in [2.05, 4.69) is 0 Å². The molecule has 0 bridgehead atoms. The fraction of sp³-hybridized carbons (Fsp3) is 0.385. The second-order valence-electron chi connectivity index (χ2n) is 4.48. The number of benzene rings is 1. The summed E-state index contributed by atoms with van der Waals surface area (Å²) in [6, 6.07) is 3.88. The number of halogens is 2. The smallest absolute Gasteiger partial charge is 0.326 e. The fourth-order valence-electron chi connectivity index (χ4n) is 2.16. The molecule has 0 unspecified atom stereocenters. The molecule has 0 saturated carbocycles. The zero-order valence-corrected chi connectivity index (χ0v) is 12.0. The Labute approximate surface area is 126 Å². The number of aliphatic carboxylic acids is 1. The molecule has 108 valence electrons. The molecule has 0 aromatic heterocycles. The van der Waals surface area contributed by atoms with Crippen molar-refractivity contribution in [1.29, 1.82) is 0 Å². The summed E-state index contributed by atoms with van der Waals surface area (Å²) in [7, 11) is 0. The average molecular weight is 318 g/mol. The Morgan fingerprint density at radius 3 is 2.55 bits per heavy atom. The van der Waals surface area contributed by atoms with Gasteiger partial charge in [-0.05, 0) is 31.0 Å². The van der Waals surface area contributed by atoms with Crippen molar-refractivity contribution in [3.8, 4) is 5.75 Å². The highest BCUT2D eigenvalue weighted by molar-refractivity contribution is 6.34. The fourth-order valence-corrected chi connectivity index (χ4v) is 2.67. The zero-order valence-electron chi connectivity index (χ0n) is 10.5. The van der Waals surface area contributed by atoms with Crippen LogP contribution < -0.4 is 4.74 Å². The van der Waals surface area contributed by atoms with Gasteiger partial charge in [0.1, 0.15) is 11.8 Å². The first-order valence-corrected chi connectivity index (χ1v) is 6.84. The summed E-state index contributed by atoms with van der Waals surface area (Å²) in [5, 5.41) is 9.83. The van der Waals surface area contributed by atoms with E-state index in [0.717, 1.165) is 0 Å². The zero-order chi connectivity index (χ0) is 14.7. The van der Waals surface area contributed by atoms with Gasteiger partial charge in [0.05, 0.1) is 0 Å². The standard InChI is InChI=1S/C13H13Cl2NO4/c14-8-4-9(15)6-10(5-8)20-7-12(17)16-3-1-2-11(16)13(18)19/h4-6,11H,1-3,7H2,(H,18,19)/t11-/m1/s1. The maximum Gasteiger partial charge on any atom is 0.326 e. The molecule has 1 amide bonds. The van der Waals surface area contributed by atoms with Gasteiger partial charge in [-0.3, -0.25) is 4.79 Å². The lowest BCUT2D eigenvalue weighted by atomic mass is 10.2. The number of ether oxygens (including phenoxy) is 1. The number of rotatable bonds is 4. The van der Waals surface area contributed by atoms with Crippen LogP contribution >= 0.6 is 23.2 Å². The molecule has 1 aliphatic rings. The number of amides is 1. The normalized spacial score (nSPS) is 18.1. The number of carbonyl (C=O) groups excluding carboxylic acids is 1. The van der Waals surface area contributed by atoms with Crippen LogP contribution in [0.2, 0.25) is 10.0 Å². The predicted molar refractivity (Wildman–Crippen MR) is 74.3 cm³/mol. The van der Waals surface area contributed by atoms with E-state index < -0.39 is 12.0 Å². The van der Waals surface area contributed by atoms with Crippen molar-refractivity contribution in [1.82, 2.24) is 4.90 Å². The number of nitrogens with zero attached hydrogens (tertiary/aromatic N) is 1. The van der Waals surface area contributed by atoms with E-state index in [9.17, 15) is 9.59 Å². The van der Waals surface area contributed by atoms with Gasteiger partial charge in [-0.25, -0.2) is 4.79 Å². The van der Waals surface area contributed by atoms with Gasteiger partial charge in [-0.1, -0.05) is 23.2 Å². The molecule has 1 aliphatic heterocycles. The number of carboxylic acids is 1. The van der Waals surface area contributed by atoms with Crippen molar-refractivity contribution >= 4 is 35.1 Å². The third-order valence-corrected chi connectivity index (χ3v) is 3.49. The number of carboxylic acid groups (broad SMARTS) is 1. The molecule has 2 rings (SSSR count). The minimum atomic E-state index is -0.985. The van der Waals surface area contributed by atoms with Gasteiger partial charge in [0, 0.05) is 16.6 Å². The molecule has 7 heteroatoms. The summed E-state index contributed by atoms with van der Waals surface area (Å²) >= 11 is 11.6. The maximum atomic E-state index is 12.0. The second-order valence-corrected chi connectivity index (χ2v) is 5.35. The van der Waals surface area contributed by atoms with Gasteiger partial charge in [-0.15, -0.1) is 0 Å². The van der Waals surface area contributed by atoms with Crippen LogP contribution in [0.15, 0.2) is 18.2 Å². The lowest BCUT2D eigenvalue weighted by Crippen LogP contribution is -2.42. The highest BCUT2D eigenvalue weighted by atomic mass is 35.5. The van der Waals surface area contributed by atoms with Crippen LogP contribution in [0.5, 0.6) is 5.75 Å². The third-order valence-electron chi connectivity index (χ3n) is 3.06. The van der Waals surface area contributed by atoms with Crippen LogP contribution in [0.4, 0.5) is 0 Å². The van der Waals surface area contributed by atoms with Gasteiger partial charge in [0.25, 0.3) is 5.91 Å². The summed E-state index contributed by atoms with van der Waals surface area (Å²) < 4.78 is 5.32. The molecule has 0 aliphatic carbocycles. The van der Waals surface area contributed by atoms with E-state index in [1.807, 2.05) is 0 Å². The second kappa shape index (κ2) is 6.33. The highest BCUT2D eigenvalue weighted by Gasteiger charge is 2.33. The molecular weight excluding hydrogens is 305 g/mol. The molecule has 0 spiro atoms. The first kappa shape index (κ1) is 14.9. The largest absolute Gasteiger partial charge is 0.484 e. The summed E-state index contributed by atoms with van der Waals surface area (Å²) in [5.41, 5.74) is 0. The van der Waals surface area contributed by atoms with E-state index in [1.165, 1.54) is 4.90 Å². The van der Waals surface area contributed by atoms with Crippen molar-refractivity contribution in [2.45, 2.75) is 18.9 Å². The predicted octanol–water partition coefficient (Wildman–Crippen LogP) is 2.45. The van der Waals surface area contributed by atoms with Crippen LogP contribution in [-0.2, 0) is 9.59 Å². The van der Waals surface area contributed by atoms with Crippen molar-refractivity contribution in [3.63, 3.8) is 0 Å². The number of hydrogen-bond donors (Lipinski definition) is 1. The Balaban J connectivity index is 1.96. The van der Waals surface area contributed by atoms with Gasteiger partial charge in [0.2, 0.25) is 0 Å². The molecule has 5 nitrogen and oxygen atoms in total. The molecule has 1 atom stereocenters. The van der Waals surface area contributed by atoms with Crippen LogP contribution in [0.25, 0.3) is 0 Å². The van der Waals surface area contributed by atoms with E-state index in [0.29, 0.717) is 35.2 Å². The minimum Gasteiger partial charge on any atom is -0.484 e. The first-order chi connectivity index (χ1) is 9.47. The van der Waals surface area contributed by atoms with E-state index in [4.69, 9.17) is 33.0 Å². The molecule has 0 radical (unpaired) electrons. The first-order valence-electron chi connectivity index (χ1n) is 6.08. The van der Waals surface area contributed by atoms with Crippen LogP contribution in [-0.4, -0.2) is 41.1 Å². The SMILES string of the molecule is O=C(O)[C@H]1CCCN1C(=O)COc1cc(Cl)cc(Cl)c1. The Hall–Kier alpha value is -1.46. The maximum absolute atomic E-state index is 12.0. The lowest BCUT2D eigenvalue weighted by Gasteiger charge is -2.21. The summed E-state index contributed by atoms with van der Waals surface area (Å²) in [6.07, 6.45) is 1.16. The monoisotopic (exact) mass is 317 g/mol. The molecule has 1 saturated heterocycles. The molecule has 1 aromatic carbocycles. The average Bonchev–Trinajstić information content (AvgIpc) is 2.84. The topological polar surface area (TPSA) is 66.8 Å². The molecule has 1 fully saturated rings. The van der Waals surface area contributed by atoms with E-state index in [1.54, 1.807) is 18.2 Å². The van der Waals surface area contributed by atoms with Crippen LogP contribution in [0.1, 0.15) is 12.8 Å². The van der Waals surface area contributed by atoms with E-state index >= 15 is 0 Å². The molecule has 1 heterocycles. The van der Waals surface area contributed by atoms with E-state index in [-0.39, 0.29) is 12.5 Å². The van der Waals surface area contributed by atoms with Crippen LogP contribution in [0, 0.1) is 0 Å². The minimum absolute atomic E-state index is 0.236. The van der Waals surface area contributed by atoms with Crippen molar-refractivity contribution < 1.29 is 19.4 Å². The third kappa shape index (κ3) is 3.55. The Morgan fingerprint density at radius 2 is 1.95 bits per heavy atom. The lowest BCUT2D eigenvalue weighted by molar-refractivity contribution is -0.148. The van der Waals surface area contributed by atoms with Crippen molar-refractivity contribution in [2.24, 2.45) is 0 Å². The molecular formula is C13H13Cl2NO4. The quantitative estimate of drug-likeness (QED) is 0.926. The van der Waals surface area contributed by atoms with Crippen molar-refractivity contribution in [2.75, 3.05) is 13.2 Å². The van der Waals surface area contributed by atoms with Gasteiger partial charge in [0.15, 0.2) is 6.61 Å².